The number of benzene rings is 2. The fourth-order valence-electron chi connectivity index (χ4n) is 3.15. The number of hydrogen-bond acceptors (Lipinski definition) is 4. The molecule has 2 N–H and O–H groups in total. The van der Waals surface area contributed by atoms with Gasteiger partial charge in [0.25, 0.3) is 5.91 Å². The van der Waals surface area contributed by atoms with Crippen LogP contribution in [0.25, 0.3) is 0 Å². The van der Waals surface area contributed by atoms with Crippen molar-refractivity contribution in [3.05, 3.63) is 71.0 Å². The van der Waals surface area contributed by atoms with Crippen molar-refractivity contribution >= 4 is 40.8 Å². The van der Waals surface area contributed by atoms with Crippen LogP contribution in [-0.4, -0.2) is 17.8 Å². The Morgan fingerprint density at radius 2 is 1.69 bits per heavy atom. The van der Waals surface area contributed by atoms with E-state index in [1.54, 1.807) is 24.3 Å². The third kappa shape index (κ3) is 4.81. The molecular formula is C21H17ClFN2O4-. The van der Waals surface area contributed by atoms with Crippen molar-refractivity contribution in [2.24, 2.45) is 11.8 Å². The van der Waals surface area contributed by atoms with Crippen molar-refractivity contribution in [1.29, 1.82) is 0 Å². The molecule has 0 bridgehead atoms. The van der Waals surface area contributed by atoms with Gasteiger partial charge in [0.15, 0.2) is 0 Å². The molecule has 3 rings (SSSR count). The average Bonchev–Trinajstić information content (AvgIpc) is 2.71. The molecule has 0 fully saturated rings. The molecule has 2 amide bonds. The number of carbonyl (C=O) groups excluding carboxylic acids is 3. The molecule has 0 aromatic heterocycles. The zero-order valence-corrected chi connectivity index (χ0v) is 15.9. The summed E-state index contributed by atoms with van der Waals surface area (Å²) in [4.78, 5) is 36.6. The third-order valence-corrected chi connectivity index (χ3v) is 4.97. The average molecular weight is 416 g/mol. The minimum atomic E-state index is -1.28. The van der Waals surface area contributed by atoms with Crippen molar-refractivity contribution in [2.75, 3.05) is 10.6 Å². The maximum atomic E-state index is 13.3. The van der Waals surface area contributed by atoms with Crippen LogP contribution < -0.4 is 15.7 Å². The molecule has 1 aliphatic carbocycles. The lowest BCUT2D eigenvalue weighted by atomic mass is 9.82. The van der Waals surface area contributed by atoms with Gasteiger partial charge in [0, 0.05) is 17.6 Å². The van der Waals surface area contributed by atoms with E-state index in [4.69, 9.17) is 11.6 Å². The number of hydrogen-bond donors (Lipinski definition) is 2. The maximum absolute atomic E-state index is 13.3. The molecule has 0 saturated heterocycles. The third-order valence-electron chi connectivity index (χ3n) is 4.68. The SMILES string of the molecule is O=C(Nc1ccc(F)c(Cl)c1)c1ccccc1NC(=O)C1CC=CCC1C(=O)[O-]. The van der Waals surface area contributed by atoms with Crippen LogP contribution in [0.15, 0.2) is 54.6 Å². The Bertz CT molecular complexity index is 992. The molecule has 2 aromatic carbocycles. The smallest absolute Gasteiger partial charge is 0.257 e. The van der Waals surface area contributed by atoms with Gasteiger partial charge in [-0.3, -0.25) is 9.59 Å². The number of aliphatic carboxylic acids is 1. The number of carbonyl (C=O) groups is 3. The van der Waals surface area contributed by atoms with Gasteiger partial charge in [-0.25, -0.2) is 4.39 Å². The molecule has 0 aliphatic heterocycles. The Kier molecular flexibility index (Phi) is 6.29. The Morgan fingerprint density at radius 3 is 2.38 bits per heavy atom. The van der Waals surface area contributed by atoms with Gasteiger partial charge in [-0.05, 0) is 43.2 Å². The van der Waals surface area contributed by atoms with Gasteiger partial charge in [0.05, 0.1) is 22.2 Å². The summed E-state index contributed by atoms with van der Waals surface area (Å²) in [5.74, 6) is -4.66. The molecule has 29 heavy (non-hydrogen) atoms. The molecule has 2 unspecified atom stereocenters. The fraction of sp³-hybridized carbons (Fsp3) is 0.190. The Balaban J connectivity index is 1.78. The number of rotatable bonds is 5. The molecule has 1 aliphatic rings. The van der Waals surface area contributed by atoms with Crippen LogP contribution in [0, 0.1) is 17.7 Å². The normalized spacial score (nSPS) is 18.1. The lowest BCUT2D eigenvalue weighted by Gasteiger charge is -2.28. The number of anilines is 2. The van der Waals surface area contributed by atoms with Gasteiger partial charge >= 0.3 is 0 Å². The molecule has 0 radical (unpaired) electrons. The van der Waals surface area contributed by atoms with Crippen LogP contribution in [0.2, 0.25) is 5.02 Å². The molecule has 2 atom stereocenters. The van der Waals surface area contributed by atoms with Crippen LogP contribution >= 0.6 is 11.6 Å². The van der Waals surface area contributed by atoms with E-state index in [9.17, 15) is 23.9 Å². The first kappa shape index (κ1) is 20.5. The van der Waals surface area contributed by atoms with Crippen LogP contribution in [0.1, 0.15) is 23.2 Å². The summed E-state index contributed by atoms with van der Waals surface area (Å²) >= 11 is 5.73. The molecule has 0 heterocycles. The maximum Gasteiger partial charge on any atom is 0.257 e. The van der Waals surface area contributed by atoms with Gasteiger partial charge in [-0.2, -0.15) is 0 Å². The number of para-hydroxylation sites is 1. The second kappa shape index (κ2) is 8.87. The minimum absolute atomic E-state index is 0.136. The minimum Gasteiger partial charge on any atom is -0.550 e. The summed E-state index contributed by atoms with van der Waals surface area (Å²) in [7, 11) is 0. The number of halogens is 2. The van der Waals surface area contributed by atoms with Crippen molar-refractivity contribution in [3.8, 4) is 0 Å². The number of amides is 2. The number of nitrogens with one attached hydrogen (secondary N) is 2. The first-order valence-electron chi connectivity index (χ1n) is 8.89. The van der Waals surface area contributed by atoms with Crippen LogP contribution in [0.5, 0.6) is 0 Å². The standard InChI is InChI=1S/C21H18ClFN2O4/c22-16-11-12(9-10-17(16)23)24-20(27)15-7-3-4-8-18(15)25-19(26)13-5-1-2-6-14(13)21(28)29/h1-4,7-11,13-14H,5-6H2,(H,24,27)(H,25,26)(H,28,29)/p-1. The lowest BCUT2D eigenvalue weighted by molar-refractivity contribution is -0.313. The molecule has 0 saturated carbocycles. The molecular weight excluding hydrogens is 399 g/mol. The van der Waals surface area contributed by atoms with Crippen molar-refractivity contribution < 1.29 is 23.9 Å². The number of allylic oxidation sites excluding steroid dienone is 2. The fourth-order valence-corrected chi connectivity index (χ4v) is 3.33. The number of carboxylic acids is 1. The molecule has 2 aromatic rings. The van der Waals surface area contributed by atoms with E-state index in [1.807, 2.05) is 0 Å². The van der Waals surface area contributed by atoms with E-state index in [2.05, 4.69) is 10.6 Å². The van der Waals surface area contributed by atoms with E-state index in [0.29, 0.717) is 0 Å². The van der Waals surface area contributed by atoms with Gasteiger partial charge in [-0.15, -0.1) is 0 Å². The van der Waals surface area contributed by atoms with E-state index < -0.39 is 35.4 Å². The predicted molar refractivity (Wildman–Crippen MR) is 105 cm³/mol. The Labute approximate surface area is 171 Å². The van der Waals surface area contributed by atoms with E-state index in [-0.39, 0.29) is 34.8 Å². The molecule has 8 heteroatoms. The van der Waals surface area contributed by atoms with Gasteiger partial charge in [0.1, 0.15) is 5.82 Å². The first-order chi connectivity index (χ1) is 13.9. The van der Waals surface area contributed by atoms with Crippen molar-refractivity contribution in [3.63, 3.8) is 0 Å². The Hall–Kier alpha value is -3.19. The Morgan fingerprint density at radius 1 is 1.00 bits per heavy atom. The summed E-state index contributed by atoms with van der Waals surface area (Å²) in [6.07, 6.45) is 3.95. The second-order valence-corrected chi connectivity index (χ2v) is 7.00. The van der Waals surface area contributed by atoms with Gasteiger partial charge < -0.3 is 20.5 Å². The van der Waals surface area contributed by atoms with Gasteiger partial charge in [0.2, 0.25) is 5.91 Å². The zero-order chi connectivity index (χ0) is 21.0. The number of carboxylic acid groups (broad SMARTS) is 1. The lowest BCUT2D eigenvalue weighted by Crippen LogP contribution is -2.41. The van der Waals surface area contributed by atoms with E-state index in [0.717, 1.165) is 6.07 Å². The highest BCUT2D eigenvalue weighted by atomic mass is 35.5. The van der Waals surface area contributed by atoms with Crippen LogP contribution in [0.4, 0.5) is 15.8 Å². The summed E-state index contributed by atoms with van der Waals surface area (Å²) in [6.45, 7) is 0. The van der Waals surface area contributed by atoms with Crippen LogP contribution in [-0.2, 0) is 9.59 Å². The summed E-state index contributed by atoms with van der Waals surface area (Å²) in [6, 6.07) is 10.1. The topological polar surface area (TPSA) is 98.3 Å². The monoisotopic (exact) mass is 415 g/mol. The summed E-state index contributed by atoms with van der Waals surface area (Å²) < 4.78 is 13.3. The highest BCUT2D eigenvalue weighted by molar-refractivity contribution is 6.31. The van der Waals surface area contributed by atoms with Crippen molar-refractivity contribution in [1.82, 2.24) is 0 Å². The molecule has 6 nitrogen and oxygen atoms in total. The first-order valence-corrected chi connectivity index (χ1v) is 9.26. The molecule has 0 spiro atoms. The zero-order valence-electron chi connectivity index (χ0n) is 15.2. The summed E-state index contributed by atoms with van der Waals surface area (Å²) in [5.41, 5.74) is 0.685. The quantitative estimate of drug-likeness (QED) is 0.733. The largest absolute Gasteiger partial charge is 0.550 e. The highest BCUT2D eigenvalue weighted by Crippen LogP contribution is 2.28. The van der Waals surface area contributed by atoms with Crippen LogP contribution in [0.3, 0.4) is 0 Å². The van der Waals surface area contributed by atoms with Gasteiger partial charge in [-0.1, -0.05) is 35.9 Å². The highest BCUT2D eigenvalue weighted by Gasteiger charge is 2.30. The van der Waals surface area contributed by atoms with Crippen molar-refractivity contribution in [2.45, 2.75) is 12.8 Å². The summed E-state index contributed by atoms with van der Waals surface area (Å²) in [5, 5.41) is 16.4. The van der Waals surface area contributed by atoms with E-state index in [1.165, 1.54) is 24.3 Å². The predicted octanol–water partition coefficient (Wildman–Crippen LogP) is 3.00. The molecule has 150 valence electrons. The second-order valence-electron chi connectivity index (χ2n) is 6.59. The van der Waals surface area contributed by atoms with E-state index >= 15 is 0 Å².